The van der Waals surface area contributed by atoms with Crippen LogP contribution in [0.25, 0.3) is 0 Å². The largest absolute Gasteiger partial charge is 0.0683 e. The molecule has 3 rings (SSSR count). The highest BCUT2D eigenvalue weighted by molar-refractivity contribution is 5.47. The van der Waals surface area contributed by atoms with E-state index in [0.29, 0.717) is 0 Å². The second-order valence-corrected chi connectivity index (χ2v) is 6.95. The fourth-order valence-corrected chi connectivity index (χ4v) is 4.80. The third-order valence-electron chi connectivity index (χ3n) is 5.81. The van der Waals surface area contributed by atoms with Gasteiger partial charge in [0, 0.05) is 5.41 Å². The summed E-state index contributed by atoms with van der Waals surface area (Å²) in [6.45, 7) is 15.0. The predicted octanol–water partition coefficient (Wildman–Crippen LogP) is 8.24. The predicted molar refractivity (Wildman–Crippen MR) is 118 cm³/mol. The number of hydrogen-bond donors (Lipinski definition) is 0. The first-order valence-electron chi connectivity index (χ1n) is 10.8. The number of hydrogen-bond acceptors (Lipinski definition) is 0. The van der Waals surface area contributed by atoms with Crippen molar-refractivity contribution in [3.63, 3.8) is 0 Å². The average molecular weight is 353 g/mol. The first-order valence-corrected chi connectivity index (χ1v) is 10.8. The summed E-state index contributed by atoms with van der Waals surface area (Å²) in [6.07, 6.45) is 6.65. The Hall–Kier alpha value is -1.56. The minimum Gasteiger partial charge on any atom is -0.0683 e. The highest BCUT2D eigenvalue weighted by Gasteiger charge is 2.43. The van der Waals surface area contributed by atoms with Crippen LogP contribution in [0.4, 0.5) is 0 Å². The molecule has 1 atom stereocenters. The van der Waals surface area contributed by atoms with Gasteiger partial charge < -0.3 is 0 Å². The maximum atomic E-state index is 2.38. The number of rotatable bonds is 3. The maximum Gasteiger partial charge on any atom is 0.0236 e. The first kappa shape index (κ1) is 22.5. The zero-order valence-electron chi connectivity index (χ0n) is 18.2. The molecule has 2 aromatic rings. The Morgan fingerprint density at radius 3 is 1.65 bits per heavy atom. The van der Waals surface area contributed by atoms with E-state index in [9.17, 15) is 0 Å². The molecule has 0 heteroatoms. The maximum absolute atomic E-state index is 2.38. The van der Waals surface area contributed by atoms with Crippen LogP contribution in [0.1, 0.15) is 89.0 Å². The third kappa shape index (κ3) is 4.40. The second-order valence-electron chi connectivity index (χ2n) is 6.95. The topological polar surface area (TPSA) is 0 Å². The van der Waals surface area contributed by atoms with Crippen molar-refractivity contribution >= 4 is 0 Å². The molecule has 1 aliphatic rings. The van der Waals surface area contributed by atoms with Gasteiger partial charge in [0.25, 0.3) is 0 Å². The molecule has 0 amide bonds. The van der Waals surface area contributed by atoms with Gasteiger partial charge in [0.05, 0.1) is 0 Å². The molecule has 0 spiro atoms. The van der Waals surface area contributed by atoms with Crippen LogP contribution in [-0.4, -0.2) is 0 Å². The van der Waals surface area contributed by atoms with Crippen molar-refractivity contribution < 1.29 is 0 Å². The highest BCUT2D eigenvalue weighted by atomic mass is 14.5. The summed E-state index contributed by atoms with van der Waals surface area (Å²) in [5, 5.41) is 0. The van der Waals surface area contributed by atoms with E-state index in [2.05, 4.69) is 69.3 Å². The molecule has 0 radical (unpaired) electrons. The molecule has 0 N–H and O–H groups in total. The lowest BCUT2D eigenvalue weighted by Crippen LogP contribution is -2.40. The molecule has 0 nitrogen and oxygen atoms in total. The summed E-state index contributed by atoms with van der Waals surface area (Å²) in [5.41, 5.74) is 6.24. The van der Waals surface area contributed by atoms with Crippen LogP contribution in [0.15, 0.2) is 48.5 Å². The van der Waals surface area contributed by atoms with Gasteiger partial charge in [-0.2, -0.15) is 0 Å². The van der Waals surface area contributed by atoms with Crippen LogP contribution in [0, 0.1) is 19.8 Å². The zero-order chi connectivity index (χ0) is 19.6. The summed E-state index contributed by atoms with van der Waals surface area (Å²) in [4.78, 5) is 0. The van der Waals surface area contributed by atoms with Crippen molar-refractivity contribution in [3.8, 4) is 0 Å². The van der Waals surface area contributed by atoms with Crippen LogP contribution in [-0.2, 0) is 5.41 Å². The van der Waals surface area contributed by atoms with Gasteiger partial charge in [-0.1, -0.05) is 102 Å². The van der Waals surface area contributed by atoms with Crippen molar-refractivity contribution in [1.82, 2.24) is 0 Å². The van der Waals surface area contributed by atoms with Crippen LogP contribution < -0.4 is 0 Å². The zero-order valence-corrected chi connectivity index (χ0v) is 18.2. The van der Waals surface area contributed by atoms with Crippen LogP contribution >= 0.6 is 0 Å². The molecule has 0 aliphatic heterocycles. The Bertz CT molecular complexity index is 592. The fourth-order valence-electron chi connectivity index (χ4n) is 4.80. The van der Waals surface area contributed by atoms with Gasteiger partial charge in [0.15, 0.2) is 0 Å². The molecule has 144 valence electrons. The van der Waals surface area contributed by atoms with E-state index in [4.69, 9.17) is 0 Å². The van der Waals surface area contributed by atoms with E-state index in [0.717, 1.165) is 5.92 Å². The fraction of sp³-hybridized carbons (Fsp3) is 0.538. The molecule has 1 saturated carbocycles. The van der Waals surface area contributed by atoms with Crippen molar-refractivity contribution in [2.24, 2.45) is 5.92 Å². The summed E-state index contributed by atoms with van der Waals surface area (Å²) >= 11 is 0. The standard InChI is InChI=1S/C22H28.2C2H6/c1-4-19-13-9-10-16-22(19,20-14-7-5-11-17(20)2)21-15-8-6-12-18(21)3;2*1-2/h5-8,11-12,14-15,19H,4,9-10,13,16H2,1-3H3;2*1-2H3. The monoisotopic (exact) mass is 352 g/mol. The lowest BCUT2D eigenvalue weighted by Gasteiger charge is -2.47. The molecule has 26 heavy (non-hydrogen) atoms. The lowest BCUT2D eigenvalue weighted by molar-refractivity contribution is 0.217. The molecule has 2 aromatic carbocycles. The Kier molecular flexibility index (Phi) is 9.70. The van der Waals surface area contributed by atoms with Crippen molar-refractivity contribution in [1.29, 1.82) is 0 Å². The first-order chi connectivity index (χ1) is 12.7. The quantitative estimate of drug-likeness (QED) is 0.521. The normalized spacial score (nSPS) is 18.0. The summed E-state index contributed by atoms with van der Waals surface area (Å²) in [7, 11) is 0. The second kappa shape index (κ2) is 11.2. The minimum atomic E-state index is 0.212. The van der Waals surface area contributed by atoms with E-state index >= 15 is 0 Å². The lowest BCUT2D eigenvalue weighted by atomic mass is 9.57. The Balaban J connectivity index is 0.000000791. The van der Waals surface area contributed by atoms with Crippen molar-refractivity contribution in [2.75, 3.05) is 0 Å². The highest BCUT2D eigenvalue weighted by Crippen LogP contribution is 2.51. The molecule has 1 aliphatic carbocycles. The molecule has 1 fully saturated rings. The molecular weight excluding hydrogens is 312 g/mol. The van der Waals surface area contributed by atoms with Gasteiger partial charge in [0.1, 0.15) is 0 Å². The molecule has 0 aromatic heterocycles. The van der Waals surface area contributed by atoms with Gasteiger partial charge in [-0.05, 0) is 54.9 Å². The Morgan fingerprint density at radius 2 is 1.23 bits per heavy atom. The van der Waals surface area contributed by atoms with E-state index < -0.39 is 0 Å². The Morgan fingerprint density at radius 1 is 0.769 bits per heavy atom. The van der Waals surface area contributed by atoms with Crippen molar-refractivity contribution in [2.45, 2.75) is 86.0 Å². The average Bonchev–Trinajstić information content (AvgIpc) is 2.71. The Labute approximate surface area is 163 Å². The molecule has 0 heterocycles. The van der Waals surface area contributed by atoms with Gasteiger partial charge in [-0.25, -0.2) is 0 Å². The van der Waals surface area contributed by atoms with Gasteiger partial charge in [-0.15, -0.1) is 0 Å². The van der Waals surface area contributed by atoms with Gasteiger partial charge in [0.2, 0.25) is 0 Å². The number of benzene rings is 2. The summed E-state index contributed by atoms with van der Waals surface area (Å²) in [6, 6.07) is 18.1. The van der Waals surface area contributed by atoms with Crippen LogP contribution in [0.2, 0.25) is 0 Å². The minimum absolute atomic E-state index is 0.212. The molecule has 1 unspecified atom stereocenters. The van der Waals surface area contributed by atoms with Crippen LogP contribution in [0.5, 0.6) is 0 Å². The van der Waals surface area contributed by atoms with E-state index in [-0.39, 0.29) is 5.41 Å². The van der Waals surface area contributed by atoms with Crippen molar-refractivity contribution in [3.05, 3.63) is 70.8 Å². The molecule has 0 bridgehead atoms. The van der Waals surface area contributed by atoms with E-state index in [1.54, 1.807) is 11.1 Å². The van der Waals surface area contributed by atoms with E-state index in [1.165, 1.54) is 43.2 Å². The third-order valence-corrected chi connectivity index (χ3v) is 5.81. The number of aryl methyl sites for hydroxylation is 2. The van der Waals surface area contributed by atoms with Gasteiger partial charge in [-0.3, -0.25) is 0 Å². The summed E-state index contributed by atoms with van der Waals surface area (Å²) in [5.74, 6) is 0.753. The smallest absolute Gasteiger partial charge is 0.0236 e. The van der Waals surface area contributed by atoms with E-state index in [1.807, 2.05) is 27.7 Å². The SMILES string of the molecule is CC.CC.CCC1CCCCC1(c1ccccc1C)c1ccccc1C. The van der Waals surface area contributed by atoms with Crippen LogP contribution in [0.3, 0.4) is 0 Å². The molecule has 0 saturated heterocycles. The van der Waals surface area contributed by atoms with Gasteiger partial charge >= 0.3 is 0 Å². The molecular formula is C26H40. The summed E-state index contributed by atoms with van der Waals surface area (Å²) < 4.78 is 0.